The molecule has 0 aromatic carbocycles. The van der Waals surface area contributed by atoms with Crippen molar-refractivity contribution in [2.24, 2.45) is 11.8 Å². The molecule has 0 radical (unpaired) electrons. The molecule has 1 N–H and O–H groups in total. The summed E-state index contributed by atoms with van der Waals surface area (Å²) in [5, 5.41) is 9.45. The zero-order chi connectivity index (χ0) is 7.14. The van der Waals surface area contributed by atoms with Crippen molar-refractivity contribution in [1.29, 1.82) is 0 Å². The van der Waals surface area contributed by atoms with Crippen molar-refractivity contribution in [2.75, 3.05) is 0 Å². The quantitative estimate of drug-likeness (QED) is 0.599. The minimum absolute atomic E-state index is 0.0680. The SMILES string of the molecule is O[C@@H]1CC2CCC2C[C@@H]1Br. The predicted octanol–water partition coefficient (Wildman–Crippen LogP) is 1.93. The summed E-state index contributed by atoms with van der Waals surface area (Å²) in [5.74, 6) is 1.80. The highest BCUT2D eigenvalue weighted by molar-refractivity contribution is 9.09. The molecule has 4 atom stereocenters. The lowest BCUT2D eigenvalue weighted by Gasteiger charge is -2.44. The molecule has 0 amide bonds. The van der Waals surface area contributed by atoms with Crippen LogP contribution in [0.4, 0.5) is 0 Å². The predicted molar refractivity (Wildman–Crippen MR) is 44.2 cm³/mol. The lowest BCUT2D eigenvalue weighted by atomic mass is 9.65. The van der Waals surface area contributed by atoms with E-state index in [1.807, 2.05) is 0 Å². The molecular weight excluding hydrogens is 192 g/mol. The summed E-state index contributed by atoms with van der Waals surface area (Å²) in [6.45, 7) is 0. The molecule has 0 aromatic heterocycles. The molecular formula is C8H13BrO. The van der Waals surface area contributed by atoms with E-state index in [9.17, 15) is 5.11 Å². The molecule has 2 heteroatoms. The fraction of sp³-hybridized carbons (Fsp3) is 1.00. The van der Waals surface area contributed by atoms with Gasteiger partial charge in [-0.05, 0) is 37.5 Å². The lowest BCUT2D eigenvalue weighted by Crippen LogP contribution is -2.40. The van der Waals surface area contributed by atoms with Crippen LogP contribution in [0, 0.1) is 11.8 Å². The van der Waals surface area contributed by atoms with Gasteiger partial charge < -0.3 is 5.11 Å². The molecule has 2 saturated carbocycles. The van der Waals surface area contributed by atoms with Gasteiger partial charge in [0.05, 0.1) is 6.10 Å². The van der Waals surface area contributed by atoms with Gasteiger partial charge in [-0.1, -0.05) is 15.9 Å². The van der Waals surface area contributed by atoms with Gasteiger partial charge in [0.25, 0.3) is 0 Å². The normalized spacial score (nSPS) is 53.4. The standard InChI is InChI=1S/C8H13BrO/c9-7-3-5-1-2-6(5)4-8(7)10/h5-8,10H,1-4H2/t5?,6?,7-,8+/m0/s1. The molecule has 0 aromatic rings. The molecule has 1 nitrogen and oxygen atoms in total. The van der Waals surface area contributed by atoms with Gasteiger partial charge in [-0.15, -0.1) is 0 Å². The fourth-order valence-corrected chi connectivity index (χ4v) is 2.86. The van der Waals surface area contributed by atoms with Gasteiger partial charge >= 0.3 is 0 Å². The van der Waals surface area contributed by atoms with Crippen molar-refractivity contribution in [3.8, 4) is 0 Å². The van der Waals surface area contributed by atoms with Gasteiger partial charge in [0.2, 0.25) is 0 Å². The van der Waals surface area contributed by atoms with E-state index in [4.69, 9.17) is 0 Å². The first-order valence-electron chi connectivity index (χ1n) is 4.09. The molecule has 10 heavy (non-hydrogen) atoms. The average molecular weight is 205 g/mol. The van der Waals surface area contributed by atoms with E-state index in [0.717, 1.165) is 18.3 Å². The van der Waals surface area contributed by atoms with E-state index >= 15 is 0 Å². The minimum atomic E-state index is -0.0680. The molecule has 2 unspecified atom stereocenters. The van der Waals surface area contributed by atoms with Crippen LogP contribution >= 0.6 is 15.9 Å². The Morgan fingerprint density at radius 2 is 1.70 bits per heavy atom. The molecule has 2 aliphatic carbocycles. The first-order chi connectivity index (χ1) is 4.77. The van der Waals surface area contributed by atoms with Crippen molar-refractivity contribution in [2.45, 2.75) is 36.6 Å². The fourth-order valence-electron chi connectivity index (χ4n) is 2.16. The van der Waals surface area contributed by atoms with Gasteiger partial charge in [0.15, 0.2) is 0 Å². The molecule has 2 fully saturated rings. The number of hydrogen-bond acceptors (Lipinski definition) is 1. The Bertz CT molecular complexity index is 117. The third kappa shape index (κ3) is 1.02. The maximum atomic E-state index is 9.45. The van der Waals surface area contributed by atoms with E-state index in [0.29, 0.717) is 4.83 Å². The molecule has 2 rings (SSSR count). The van der Waals surface area contributed by atoms with Crippen LogP contribution in [0.15, 0.2) is 0 Å². The Hall–Kier alpha value is 0.440. The van der Waals surface area contributed by atoms with Crippen molar-refractivity contribution in [1.82, 2.24) is 0 Å². The van der Waals surface area contributed by atoms with E-state index in [1.165, 1.54) is 19.3 Å². The van der Waals surface area contributed by atoms with Crippen molar-refractivity contribution >= 4 is 15.9 Å². The molecule has 2 aliphatic rings. The van der Waals surface area contributed by atoms with Crippen molar-refractivity contribution in [3.63, 3.8) is 0 Å². The van der Waals surface area contributed by atoms with Crippen LogP contribution in [0.1, 0.15) is 25.7 Å². The summed E-state index contributed by atoms with van der Waals surface area (Å²) in [7, 11) is 0. The summed E-state index contributed by atoms with van der Waals surface area (Å²) >= 11 is 3.51. The van der Waals surface area contributed by atoms with Crippen LogP contribution in [0.5, 0.6) is 0 Å². The van der Waals surface area contributed by atoms with Gasteiger partial charge in [0, 0.05) is 4.83 Å². The third-order valence-corrected chi connectivity index (χ3v) is 4.05. The first-order valence-corrected chi connectivity index (χ1v) is 5.01. The Kier molecular flexibility index (Phi) is 1.77. The summed E-state index contributed by atoms with van der Waals surface area (Å²) in [5.41, 5.74) is 0. The number of halogens is 1. The van der Waals surface area contributed by atoms with Crippen LogP contribution < -0.4 is 0 Å². The highest BCUT2D eigenvalue weighted by Gasteiger charge is 2.39. The van der Waals surface area contributed by atoms with Gasteiger partial charge in [0.1, 0.15) is 0 Å². The second-order valence-electron chi connectivity index (χ2n) is 3.65. The topological polar surface area (TPSA) is 20.2 Å². The molecule has 0 bridgehead atoms. The summed E-state index contributed by atoms with van der Waals surface area (Å²) in [6, 6.07) is 0. The zero-order valence-corrected chi connectivity index (χ0v) is 7.55. The van der Waals surface area contributed by atoms with Crippen LogP contribution in [0.2, 0.25) is 0 Å². The molecule has 0 spiro atoms. The molecule has 0 saturated heterocycles. The smallest absolute Gasteiger partial charge is 0.0668 e. The third-order valence-electron chi connectivity index (χ3n) is 3.06. The second-order valence-corrected chi connectivity index (χ2v) is 4.83. The van der Waals surface area contributed by atoms with Crippen LogP contribution in [0.25, 0.3) is 0 Å². The van der Waals surface area contributed by atoms with Gasteiger partial charge in [-0.25, -0.2) is 0 Å². The Labute approximate surface area is 69.9 Å². The second kappa shape index (κ2) is 2.49. The monoisotopic (exact) mass is 204 g/mol. The number of rotatable bonds is 0. The number of hydrogen-bond donors (Lipinski definition) is 1. The van der Waals surface area contributed by atoms with Crippen molar-refractivity contribution in [3.05, 3.63) is 0 Å². The minimum Gasteiger partial charge on any atom is -0.392 e. The van der Waals surface area contributed by atoms with Gasteiger partial charge in [-0.2, -0.15) is 0 Å². The maximum absolute atomic E-state index is 9.45. The number of aliphatic hydroxyl groups excluding tert-OH is 1. The van der Waals surface area contributed by atoms with E-state index in [2.05, 4.69) is 15.9 Å². The molecule has 58 valence electrons. The summed E-state index contributed by atoms with van der Waals surface area (Å²) in [6.07, 6.45) is 4.94. The summed E-state index contributed by atoms with van der Waals surface area (Å²) in [4.78, 5) is 0.383. The average Bonchev–Trinajstić information content (AvgIpc) is 1.89. The zero-order valence-electron chi connectivity index (χ0n) is 5.96. The molecule has 0 aliphatic heterocycles. The molecule has 0 heterocycles. The highest BCUT2D eigenvalue weighted by atomic mass is 79.9. The number of aliphatic hydroxyl groups is 1. The lowest BCUT2D eigenvalue weighted by molar-refractivity contribution is 0.0257. The summed E-state index contributed by atoms with van der Waals surface area (Å²) < 4.78 is 0. The van der Waals surface area contributed by atoms with E-state index < -0.39 is 0 Å². The Balaban J connectivity index is 1.96. The van der Waals surface area contributed by atoms with E-state index in [-0.39, 0.29) is 6.10 Å². The first kappa shape index (κ1) is 7.11. The number of alkyl halides is 1. The highest BCUT2D eigenvalue weighted by Crippen LogP contribution is 2.46. The Morgan fingerprint density at radius 3 is 2.20 bits per heavy atom. The van der Waals surface area contributed by atoms with Gasteiger partial charge in [-0.3, -0.25) is 0 Å². The van der Waals surface area contributed by atoms with Crippen LogP contribution in [0.3, 0.4) is 0 Å². The van der Waals surface area contributed by atoms with Crippen LogP contribution in [-0.2, 0) is 0 Å². The van der Waals surface area contributed by atoms with E-state index in [1.54, 1.807) is 0 Å². The van der Waals surface area contributed by atoms with Crippen molar-refractivity contribution < 1.29 is 5.11 Å². The number of fused-ring (bicyclic) bond motifs is 1. The Morgan fingerprint density at radius 1 is 1.10 bits per heavy atom. The van der Waals surface area contributed by atoms with Crippen LogP contribution in [-0.4, -0.2) is 16.0 Å². The largest absolute Gasteiger partial charge is 0.392 e. The maximum Gasteiger partial charge on any atom is 0.0668 e.